The topological polar surface area (TPSA) is 46.2 Å². The molecule has 1 N–H and O–H groups in total. The van der Waals surface area contributed by atoms with Crippen molar-refractivity contribution in [2.75, 3.05) is 0 Å². The molecule has 0 saturated heterocycles. The lowest BCUT2D eigenvalue weighted by molar-refractivity contribution is -0.119. The lowest BCUT2D eigenvalue weighted by atomic mass is 10.3. The Kier molecular flexibility index (Phi) is 2.99. The van der Waals surface area contributed by atoms with Gasteiger partial charge in [0.25, 0.3) is 5.91 Å². The minimum atomic E-state index is -0.317. The SMILES string of the molecule is CCC(=O)NC(=O)c1ccsc1. The third-order valence-electron chi connectivity index (χ3n) is 1.36. The smallest absolute Gasteiger partial charge is 0.258 e. The molecule has 0 aliphatic carbocycles. The predicted octanol–water partition coefficient (Wildman–Crippen LogP) is 1.41. The summed E-state index contributed by atoms with van der Waals surface area (Å²) >= 11 is 1.43. The molecule has 1 aromatic rings. The van der Waals surface area contributed by atoms with Gasteiger partial charge in [0.1, 0.15) is 0 Å². The second kappa shape index (κ2) is 4.01. The van der Waals surface area contributed by atoms with Gasteiger partial charge in [-0.1, -0.05) is 6.92 Å². The molecule has 0 radical (unpaired) electrons. The van der Waals surface area contributed by atoms with Crippen LogP contribution in [0.5, 0.6) is 0 Å². The zero-order valence-electron chi connectivity index (χ0n) is 6.66. The number of carbonyl (C=O) groups is 2. The van der Waals surface area contributed by atoms with E-state index < -0.39 is 0 Å². The molecule has 0 bridgehead atoms. The molecule has 12 heavy (non-hydrogen) atoms. The van der Waals surface area contributed by atoms with Crippen LogP contribution in [0.15, 0.2) is 16.8 Å². The summed E-state index contributed by atoms with van der Waals surface area (Å²) in [6.07, 6.45) is 0.329. The number of imide groups is 1. The van der Waals surface area contributed by atoms with Crippen molar-refractivity contribution in [3.05, 3.63) is 22.4 Å². The van der Waals surface area contributed by atoms with Crippen LogP contribution in [0.2, 0.25) is 0 Å². The molecule has 0 aliphatic rings. The van der Waals surface area contributed by atoms with E-state index in [0.717, 1.165) is 0 Å². The molecule has 0 spiro atoms. The highest BCUT2D eigenvalue weighted by Crippen LogP contribution is 2.05. The molecule has 1 heterocycles. The second-order valence-electron chi connectivity index (χ2n) is 2.24. The fraction of sp³-hybridized carbons (Fsp3) is 0.250. The minimum Gasteiger partial charge on any atom is -0.292 e. The van der Waals surface area contributed by atoms with Crippen molar-refractivity contribution in [1.29, 1.82) is 0 Å². The van der Waals surface area contributed by atoms with Crippen molar-refractivity contribution >= 4 is 23.2 Å². The number of amides is 2. The van der Waals surface area contributed by atoms with E-state index >= 15 is 0 Å². The summed E-state index contributed by atoms with van der Waals surface area (Å²) in [6, 6.07) is 1.68. The van der Waals surface area contributed by atoms with Crippen molar-refractivity contribution in [2.45, 2.75) is 13.3 Å². The van der Waals surface area contributed by atoms with Gasteiger partial charge in [-0.3, -0.25) is 14.9 Å². The molecule has 1 rings (SSSR count). The summed E-state index contributed by atoms with van der Waals surface area (Å²) in [5.74, 6) is -0.561. The first kappa shape index (κ1) is 8.93. The van der Waals surface area contributed by atoms with E-state index in [1.807, 2.05) is 0 Å². The second-order valence-corrected chi connectivity index (χ2v) is 3.02. The van der Waals surface area contributed by atoms with Crippen LogP contribution in [0.3, 0.4) is 0 Å². The molecule has 0 fully saturated rings. The van der Waals surface area contributed by atoms with Gasteiger partial charge in [0.2, 0.25) is 5.91 Å². The van der Waals surface area contributed by atoms with E-state index in [0.29, 0.717) is 12.0 Å². The first-order chi connectivity index (χ1) is 5.74. The van der Waals surface area contributed by atoms with Gasteiger partial charge in [-0.2, -0.15) is 11.3 Å². The number of hydrogen-bond acceptors (Lipinski definition) is 3. The minimum absolute atomic E-state index is 0.244. The molecule has 0 aromatic carbocycles. The molecule has 0 unspecified atom stereocenters. The third kappa shape index (κ3) is 2.17. The van der Waals surface area contributed by atoms with E-state index in [1.54, 1.807) is 23.8 Å². The zero-order chi connectivity index (χ0) is 8.97. The standard InChI is InChI=1S/C8H9NO2S/c1-2-7(10)9-8(11)6-3-4-12-5-6/h3-5H,2H2,1H3,(H,9,10,11). The van der Waals surface area contributed by atoms with Crippen LogP contribution in [-0.2, 0) is 4.79 Å². The zero-order valence-corrected chi connectivity index (χ0v) is 7.48. The Bertz CT molecular complexity index is 279. The number of rotatable bonds is 2. The largest absolute Gasteiger partial charge is 0.292 e. The molecule has 4 heteroatoms. The Morgan fingerprint density at radius 1 is 1.58 bits per heavy atom. The van der Waals surface area contributed by atoms with Crippen molar-refractivity contribution in [1.82, 2.24) is 5.32 Å². The van der Waals surface area contributed by atoms with E-state index in [1.165, 1.54) is 11.3 Å². The summed E-state index contributed by atoms with van der Waals surface area (Å²) in [6.45, 7) is 1.70. The summed E-state index contributed by atoms with van der Waals surface area (Å²) in [4.78, 5) is 21.9. The van der Waals surface area contributed by atoms with Crippen molar-refractivity contribution in [3.63, 3.8) is 0 Å². The Balaban J connectivity index is 2.56. The third-order valence-corrected chi connectivity index (χ3v) is 2.04. The Morgan fingerprint density at radius 2 is 2.33 bits per heavy atom. The number of carbonyl (C=O) groups excluding carboxylic acids is 2. The Morgan fingerprint density at radius 3 is 2.83 bits per heavy atom. The molecule has 0 atom stereocenters. The first-order valence-electron chi connectivity index (χ1n) is 3.60. The van der Waals surface area contributed by atoms with Crippen molar-refractivity contribution in [2.24, 2.45) is 0 Å². The van der Waals surface area contributed by atoms with Crippen molar-refractivity contribution in [3.8, 4) is 0 Å². The van der Waals surface area contributed by atoms with Crippen LogP contribution in [0.1, 0.15) is 23.7 Å². The highest BCUT2D eigenvalue weighted by Gasteiger charge is 2.07. The number of hydrogen-bond donors (Lipinski definition) is 1. The van der Waals surface area contributed by atoms with Crippen LogP contribution in [0.4, 0.5) is 0 Å². The summed E-state index contributed by atoms with van der Waals surface area (Å²) in [5, 5.41) is 5.76. The monoisotopic (exact) mass is 183 g/mol. The van der Waals surface area contributed by atoms with Crippen LogP contribution in [0.25, 0.3) is 0 Å². The molecule has 0 aliphatic heterocycles. The maximum absolute atomic E-state index is 11.1. The van der Waals surface area contributed by atoms with Crippen LogP contribution < -0.4 is 5.32 Å². The highest BCUT2D eigenvalue weighted by molar-refractivity contribution is 7.08. The first-order valence-corrected chi connectivity index (χ1v) is 4.54. The fourth-order valence-electron chi connectivity index (χ4n) is 0.681. The van der Waals surface area contributed by atoms with Gasteiger partial charge in [-0.15, -0.1) is 0 Å². The average Bonchev–Trinajstić information content (AvgIpc) is 2.56. The van der Waals surface area contributed by atoms with Gasteiger partial charge in [0, 0.05) is 11.8 Å². The molecule has 0 saturated carbocycles. The predicted molar refractivity (Wildman–Crippen MR) is 47.1 cm³/mol. The summed E-state index contributed by atoms with van der Waals surface area (Å²) < 4.78 is 0. The maximum Gasteiger partial charge on any atom is 0.258 e. The van der Waals surface area contributed by atoms with Gasteiger partial charge in [0.05, 0.1) is 5.56 Å². The fourth-order valence-corrected chi connectivity index (χ4v) is 1.32. The van der Waals surface area contributed by atoms with E-state index in [2.05, 4.69) is 5.32 Å². The molecule has 2 amide bonds. The quantitative estimate of drug-likeness (QED) is 0.753. The van der Waals surface area contributed by atoms with E-state index in [4.69, 9.17) is 0 Å². The van der Waals surface area contributed by atoms with Gasteiger partial charge in [0.15, 0.2) is 0 Å². The molecular formula is C8H9NO2S. The normalized spacial score (nSPS) is 9.42. The van der Waals surface area contributed by atoms with Gasteiger partial charge in [-0.05, 0) is 11.4 Å². The molecular weight excluding hydrogens is 174 g/mol. The maximum atomic E-state index is 11.1. The van der Waals surface area contributed by atoms with E-state index in [9.17, 15) is 9.59 Å². The van der Waals surface area contributed by atoms with Crippen LogP contribution in [0, 0.1) is 0 Å². The lowest BCUT2D eigenvalue weighted by Crippen LogP contribution is -2.29. The Labute approximate surface area is 74.4 Å². The number of nitrogens with one attached hydrogen (secondary N) is 1. The highest BCUT2D eigenvalue weighted by atomic mass is 32.1. The van der Waals surface area contributed by atoms with Crippen molar-refractivity contribution < 1.29 is 9.59 Å². The van der Waals surface area contributed by atoms with Gasteiger partial charge >= 0.3 is 0 Å². The molecule has 3 nitrogen and oxygen atoms in total. The average molecular weight is 183 g/mol. The number of thiophene rings is 1. The molecule has 1 aromatic heterocycles. The van der Waals surface area contributed by atoms with Gasteiger partial charge < -0.3 is 0 Å². The van der Waals surface area contributed by atoms with E-state index in [-0.39, 0.29) is 11.8 Å². The van der Waals surface area contributed by atoms with Crippen LogP contribution in [-0.4, -0.2) is 11.8 Å². The summed E-state index contributed by atoms with van der Waals surface area (Å²) in [5.41, 5.74) is 0.543. The lowest BCUT2D eigenvalue weighted by Gasteiger charge is -1.98. The summed E-state index contributed by atoms with van der Waals surface area (Å²) in [7, 11) is 0. The molecule has 64 valence electrons. The Hall–Kier alpha value is -1.16. The van der Waals surface area contributed by atoms with Gasteiger partial charge in [-0.25, -0.2) is 0 Å². The van der Waals surface area contributed by atoms with Crippen LogP contribution >= 0.6 is 11.3 Å².